The molecule has 0 aliphatic heterocycles. The highest BCUT2D eigenvalue weighted by Gasteiger charge is 2.37. The van der Waals surface area contributed by atoms with Crippen LogP contribution in [0.1, 0.15) is 32.6 Å². The Balaban J connectivity index is 2.23. The Labute approximate surface area is 107 Å². The van der Waals surface area contributed by atoms with Gasteiger partial charge in [-0.15, -0.1) is 0 Å². The summed E-state index contributed by atoms with van der Waals surface area (Å²) < 4.78 is 5.37. The van der Waals surface area contributed by atoms with Crippen molar-refractivity contribution in [2.45, 2.75) is 38.2 Å². The summed E-state index contributed by atoms with van der Waals surface area (Å²) in [6.45, 7) is 2.41. The minimum atomic E-state index is -0.884. The Hall–Kier alpha value is -1.30. The standard InChI is InChI=1S/C12H22N2O4/c1-3-9(10(15)16)7-13-11(17)14-8-12(18-2)5-4-6-12/h9H,3-8H2,1-2H3,(H,15,16)(H2,13,14,17). The fraction of sp³-hybridized carbons (Fsp3) is 0.833. The molecule has 6 heteroatoms. The van der Waals surface area contributed by atoms with Crippen molar-refractivity contribution in [3.8, 4) is 0 Å². The molecule has 18 heavy (non-hydrogen) atoms. The summed E-state index contributed by atoms with van der Waals surface area (Å²) in [5.74, 6) is -1.42. The van der Waals surface area contributed by atoms with Crippen LogP contribution in [0.5, 0.6) is 0 Å². The van der Waals surface area contributed by atoms with E-state index in [4.69, 9.17) is 9.84 Å². The second-order valence-corrected chi connectivity index (χ2v) is 4.75. The van der Waals surface area contributed by atoms with Crippen LogP contribution < -0.4 is 10.6 Å². The first kappa shape index (κ1) is 14.8. The number of carboxylic acids is 1. The average molecular weight is 258 g/mol. The fourth-order valence-electron chi connectivity index (χ4n) is 1.95. The van der Waals surface area contributed by atoms with Gasteiger partial charge < -0.3 is 20.5 Å². The lowest BCUT2D eigenvalue weighted by atomic mass is 9.80. The average Bonchev–Trinajstić information content (AvgIpc) is 2.28. The van der Waals surface area contributed by atoms with E-state index in [-0.39, 0.29) is 18.2 Å². The summed E-state index contributed by atoms with van der Waals surface area (Å²) in [6.07, 6.45) is 3.53. The van der Waals surface area contributed by atoms with Gasteiger partial charge in [0, 0.05) is 20.2 Å². The van der Waals surface area contributed by atoms with Crippen LogP contribution in [0.2, 0.25) is 0 Å². The lowest BCUT2D eigenvalue weighted by molar-refractivity contribution is -0.141. The van der Waals surface area contributed by atoms with Gasteiger partial charge in [0.2, 0.25) is 0 Å². The van der Waals surface area contributed by atoms with E-state index in [0.29, 0.717) is 13.0 Å². The van der Waals surface area contributed by atoms with Crippen molar-refractivity contribution < 1.29 is 19.4 Å². The van der Waals surface area contributed by atoms with Crippen LogP contribution >= 0.6 is 0 Å². The van der Waals surface area contributed by atoms with Crippen molar-refractivity contribution in [1.29, 1.82) is 0 Å². The molecule has 0 heterocycles. The number of methoxy groups -OCH3 is 1. The zero-order valence-electron chi connectivity index (χ0n) is 11.0. The molecule has 1 aliphatic rings. The van der Waals surface area contributed by atoms with E-state index < -0.39 is 11.9 Å². The number of nitrogens with one attached hydrogen (secondary N) is 2. The molecule has 1 saturated carbocycles. The van der Waals surface area contributed by atoms with Crippen LogP contribution in [-0.2, 0) is 9.53 Å². The topological polar surface area (TPSA) is 87.7 Å². The maximum atomic E-state index is 11.5. The lowest BCUT2D eigenvalue weighted by Gasteiger charge is -2.40. The monoisotopic (exact) mass is 258 g/mol. The van der Waals surface area contributed by atoms with Gasteiger partial charge in [0.05, 0.1) is 11.5 Å². The van der Waals surface area contributed by atoms with Gasteiger partial charge in [-0.25, -0.2) is 4.79 Å². The van der Waals surface area contributed by atoms with Crippen molar-refractivity contribution in [3.05, 3.63) is 0 Å². The van der Waals surface area contributed by atoms with Gasteiger partial charge in [-0.05, 0) is 25.7 Å². The van der Waals surface area contributed by atoms with Crippen LogP contribution in [-0.4, -0.2) is 42.9 Å². The van der Waals surface area contributed by atoms with Crippen molar-refractivity contribution in [3.63, 3.8) is 0 Å². The lowest BCUT2D eigenvalue weighted by Crippen LogP contribution is -2.51. The third kappa shape index (κ3) is 3.87. The number of carboxylic acid groups (broad SMARTS) is 1. The highest BCUT2D eigenvalue weighted by Crippen LogP contribution is 2.34. The Morgan fingerprint density at radius 1 is 1.39 bits per heavy atom. The number of aliphatic carboxylic acids is 1. The summed E-state index contributed by atoms with van der Waals surface area (Å²) in [4.78, 5) is 22.3. The molecule has 6 nitrogen and oxygen atoms in total. The predicted octanol–water partition coefficient (Wildman–Crippen LogP) is 0.965. The molecule has 0 aromatic rings. The highest BCUT2D eigenvalue weighted by atomic mass is 16.5. The summed E-state index contributed by atoms with van der Waals surface area (Å²) in [6, 6.07) is -0.335. The smallest absolute Gasteiger partial charge is 0.314 e. The number of ether oxygens (including phenoxy) is 1. The summed E-state index contributed by atoms with van der Waals surface area (Å²) >= 11 is 0. The quantitative estimate of drug-likeness (QED) is 0.635. The van der Waals surface area contributed by atoms with Gasteiger partial charge in [0.1, 0.15) is 0 Å². The van der Waals surface area contributed by atoms with E-state index in [2.05, 4.69) is 10.6 Å². The molecule has 0 radical (unpaired) electrons. The molecule has 2 amide bonds. The Morgan fingerprint density at radius 2 is 2.06 bits per heavy atom. The summed E-state index contributed by atoms with van der Waals surface area (Å²) in [7, 11) is 1.65. The molecule has 0 aromatic carbocycles. The van der Waals surface area contributed by atoms with Crippen molar-refractivity contribution in [2.75, 3.05) is 20.2 Å². The minimum Gasteiger partial charge on any atom is -0.481 e. The van der Waals surface area contributed by atoms with Crippen LogP contribution in [0.3, 0.4) is 0 Å². The van der Waals surface area contributed by atoms with Crippen molar-refractivity contribution >= 4 is 12.0 Å². The van der Waals surface area contributed by atoms with E-state index in [1.165, 1.54) is 0 Å². The van der Waals surface area contributed by atoms with Crippen LogP contribution in [0.25, 0.3) is 0 Å². The van der Waals surface area contributed by atoms with Gasteiger partial charge in [-0.3, -0.25) is 4.79 Å². The number of carbonyl (C=O) groups excluding carboxylic acids is 1. The molecule has 1 rings (SSSR count). The fourth-order valence-corrected chi connectivity index (χ4v) is 1.95. The normalized spacial score (nSPS) is 18.6. The SMILES string of the molecule is CCC(CNC(=O)NCC1(OC)CCC1)C(=O)O. The first-order valence-corrected chi connectivity index (χ1v) is 6.32. The zero-order valence-corrected chi connectivity index (χ0v) is 11.0. The Morgan fingerprint density at radius 3 is 2.44 bits per heavy atom. The molecular weight excluding hydrogens is 236 g/mol. The molecule has 0 spiro atoms. The van der Waals surface area contributed by atoms with Gasteiger partial charge in [-0.1, -0.05) is 6.92 Å². The van der Waals surface area contributed by atoms with E-state index in [1.54, 1.807) is 14.0 Å². The number of hydrogen-bond acceptors (Lipinski definition) is 3. The number of hydrogen-bond donors (Lipinski definition) is 3. The van der Waals surface area contributed by atoms with E-state index in [9.17, 15) is 9.59 Å². The van der Waals surface area contributed by atoms with Crippen molar-refractivity contribution in [2.24, 2.45) is 5.92 Å². The van der Waals surface area contributed by atoms with Crippen molar-refractivity contribution in [1.82, 2.24) is 10.6 Å². The van der Waals surface area contributed by atoms with Gasteiger partial charge >= 0.3 is 12.0 Å². The maximum absolute atomic E-state index is 11.5. The number of urea groups is 1. The van der Waals surface area contributed by atoms with E-state index in [0.717, 1.165) is 19.3 Å². The zero-order chi connectivity index (χ0) is 13.6. The van der Waals surface area contributed by atoms with E-state index >= 15 is 0 Å². The second kappa shape index (κ2) is 6.58. The Bertz CT molecular complexity index is 297. The summed E-state index contributed by atoms with van der Waals surface area (Å²) in [5.41, 5.74) is -0.214. The molecule has 1 atom stereocenters. The number of carbonyl (C=O) groups is 2. The minimum absolute atomic E-state index is 0.150. The molecule has 1 aliphatic carbocycles. The summed E-state index contributed by atoms with van der Waals surface area (Å²) in [5, 5.41) is 14.1. The van der Waals surface area contributed by atoms with Crippen LogP contribution in [0.15, 0.2) is 0 Å². The molecule has 104 valence electrons. The molecule has 1 fully saturated rings. The van der Waals surface area contributed by atoms with E-state index in [1.807, 2.05) is 0 Å². The third-order valence-corrected chi connectivity index (χ3v) is 3.62. The molecule has 1 unspecified atom stereocenters. The predicted molar refractivity (Wildman–Crippen MR) is 66.4 cm³/mol. The maximum Gasteiger partial charge on any atom is 0.314 e. The largest absolute Gasteiger partial charge is 0.481 e. The van der Waals surface area contributed by atoms with Gasteiger partial charge in [0.15, 0.2) is 0 Å². The van der Waals surface area contributed by atoms with Gasteiger partial charge in [0.25, 0.3) is 0 Å². The third-order valence-electron chi connectivity index (χ3n) is 3.62. The molecule has 3 N–H and O–H groups in total. The number of amides is 2. The molecule has 0 saturated heterocycles. The molecular formula is C12H22N2O4. The van der Waals surface area contributed by atoms with Crippen LogP contribution in [0.4, 0.5) is 4.79 Å². The molecule has 0 bridgehead atoms. The second-order valence-electron chi connectivity index (χ2n) is 4.75. The number of rotatable bonds is 7. The Kier molecular flexibility index (Phi) is 5.40. The highest BCUT2D eigenvalue weighted by molar-refractivity contribution is 5.75. The molecule has 0 aromatic heterocycles. The first-order chi connectivity index (χ1) is 8.53. The first-order valence-electron chi connectivity index (χ1n) is 6.32. The van der Waals surface area contributed by atoms with Gasteiger partial charge in [-0.2, -0.15) is 0 Å². The van der Waals surface area contributed by atoms with Crippen LogP contribution in [0, 0.1) is 5.92 Å².